The number of aromatic amines is 1. The van der Waals surface area contributed by atoms with Gasteiger partial charge >= 0.3 is 10.8 Å². The molecule has 3 atom stereocenters. The normalized spacial score (nSPS) is 21.6. The van der Waals surface area contributed by atoms with Gasteiger partial charge in [-0.15, -0.1) is 0 Å². The van der Waals surface area contributed by atoms with Gasteiger partial charge in [0.25, 0.3) is 0 Å². The van der Waals surface area contributed by atoms with Crippen molar-refractivity contribution < 1.29 is 19.1 Å². The third-order valence-corrected chi connectivity index (χ3v) is 8.22. The number of aromatic nitrogens is 1. The Morgan fingerprint density at radius 2 is 1.79 bits per heavy atom. The molecule has 5 rings (SSSR count). The highest BCUT2D eigenvalue weighted by atomic mass is 32.2. The lowest BCUT2D eigenvalue weighted by molar-refractivity contribution is -0.122. The first-order valence-corrected chi connectivity index (χ1v) is 12.5. The molecule has 0 spiro atoms. The summed E-state index contributed by atoms with van der Waals surface area (Å²) in [6, 6.07) is 15.9. The maximum Gasteiger partial charge on any atom is 0.338 e. The molecule has 0 bridgehead atoms. The second kappa shape index (κ2) is 9.08. The van der Waals surface area contributed by atoms with Crippen LogP contribution in [0.3, 0.4) is 0 Å². The van der Waals surface area contributed by atoms with Crippen LogP contribution in [-0.4, -0.2) is 34.6 Å². The number of carbonyl (C=O) groups excluding carboxylic acids is 3. The number of hydrogen-bond acceptors (Lipinski definition) is 7. The molecule has 2 aliphatic heterocycles. The Hall–Kier alpha value is -3.43. The maximum atomic E-state index is 13.6. The standard InChI is InChI=1S/C25H20N2O5S2/c1-2-32-24(30)15-9-11-16(12-10-15)27-22(28)18-17(13-8-14-6-4-3-5-7-14)19-21(26-25(31)34-19)33-20(18)23(27)29/h3-13,17-18,20H,2H2,1H3,(H,26,31)/b13-8+/t17-,18-,20-/m0/s1. The summed E-state index contributed by atoms with van der Waals surface area (Å²) in [7, 11) is 0. The summed E-state index contributed by atoms with van der Waals surface area (Å²) in [5.41, 5.74) is 1.71. The van der Waals surface area contributed by atoms with Gasteiger partial charge in [-0.1, -0.05) is 65.6 Å². The van der Waals surface area contributed by atoms with Crippen LogP contribution < -0.4 is 9.77 Å². The highest BCUT2D eigenvalue weighted by molar-refractivity contribution is 8.00. The highest BCUT2D eigenvalue weighted by Crippen LogP contribution is 2.51. The zero-order valence-electron chi connectivity index (χ0n) is 18.1. The predicted octanol–water partition coefficient (Wildman–Crippen LogP) is 4.07. The fourth-order valence-corrected chi connectivity index (χ4v) is 6.75. The molecule has 0 saturated carbocycles. The van der Waals surface area contributed by atoms with E-state index in [2.05, 4.69) is 4.98 Å². The van der Waals surface area contributed by atoms with Gasteiger partial charge in [-0.25, -0.2) is 9.69 Å². The Balaban J connectivity index is 1.50. The van der Waals surface area contributed by atoms with Gasteiger partial charge in [0, 0.05) is 10.8 Å². The SMILES string of the molecule is CCOC(=O)c1ccc(N2C(=O)[C@@H]3[C@H](Sc4[nH]c(=O)sc4[C@H]3/C=C/c3ccccc3)C2=O)cc1. The second-order valence-electron chi connectivity index (χ2n) is 7.85. The van der Waals surface area contributed by atoms with Crippen LogP contribution in [0.5, 0.6) is 0 Å². The Morgan fingerprint density at radius 1 is 1.06 bits per heavy atom. The fourth-order valence-electron chi connectivity index (χ4n) is 4.26. The molecule has 172 valence electrons. The van der Waals surface area contributed by atoms with Crippen LogP contribution in [0.1, 0.15) is 33.6 Å². The first-order chi connectivity index (χ1) is 16.5. The van der Waals surface area contributed by atoms with E-state index >= 15 is 0 Å². The Morgan fingerprint density at radius 3 is 2.50 bits per heavy atom. The monoisotopic (exact) mass is 492 g/mol. The average Bonchev–Trinajstić information content (AvgIpc) is 3.34. The summed E-state index contributed by atoms with van der Waals surface area (Å²) in [5.74, 6) is -2.16. The molecule has 1 saturated heterocycles. The van der Waals surface area contributed by atoms with Crippen molar-refractivity contribution in [2.45, 2.75) is 23.1 Å². The fraction of sp³-hybridized carbons (Fsp3) is 0.200. The Labute approximate surface area is 203 Å². The van der Waals surface area contributed by atoms with Crippen molar-refractivity contribution in [3.05, 3.63) is 86.3 Å². The number of anilines is 1. The van der Waals surface area contributed by atoms with Crippen molar-refractivity contribution in [1.29, 1.82) is 0 Å². The van der Waals surface area contributed by atoms with Crippen molar-refractivity contribution in [3.63, 3.8) is 0 Å². The third kappa shape index (κ3) is 3.91. The van der Waals surface area contributed by atoms with Gasteiger partial charge in [-0.3, -0.25) is 14.4 Å². The zero-order chi connectivity index (χ0) is 23.8. The lowest BCUT2D eigenvalue weighted by Gasteiger charge is -2.27. The number of benzene rings is 2. The van der Waals surface area contributed by atoms with E-state index in [-0.39, 0.29) is 23.3 Å². The van der Waals surface area contributed by atoms with E-state index in [0.29, 0.717) is 16.3 Å². The van der Waals surface area contributed by atoms with E-state index in [0.717, 1.165) is 21.8 Å². The molecule has 1 N–H and O–H groups in total. The van der Waals surface area contributed by atoms with Crippen LogP contribution in [-0.2, 0) is 14.3 Å². The molecule has 0 radical (unpaired) electrons. The van der Waals surface area contributed by atoms with E-state index < -0.39 is 23.1 Å². The number of H-pyrrole nitrogens is 1. The van der Waals surface area contributed by atoms with Gasteiger partial charge in [0.15, 0.2) is 0 Å². The number of allylic oxidation sites excluding steroid dienone is 1. The number of hydrogen-bond donors (Lipinski definition) is 1. The van der Waals surface area contributed by atoms with Crippen LogP contribution in [0.25, 0.3) is 6.08 Å². The van der Waals surface area contributed by atoms with Crippen molar-refractivity contribution in [3.8, 4) is 0 Å². The van der Waals surface area contributed by atoms with Gasteiger partial charge < -0.3 is 9.72 Å². The minimum atomic E-state index is -0.652. The molecule has 3 aromatic rings. The number of fused-ring (bicyclic) bond motifs is 2. The number of thioether (sulfide) groups is 1. The van der Waals surface area contributed by atoms with Gasteiger partial charge in [0.05, 0.1) is 28.8 Å². The Bertz CT molecular complexity index is 1340. The predicted molar refractivity (Wildman–Crippen MR) is 131 cm³/mol. The molecule has 34 heavy (non-hydrogen) atoms. The number of nitrogens with zero attached hydrogens (tertiary/aromatic N) is 1. The number of esters is 1. The van der Waals surface area contributed by atoms with Crippen LogP contribution >= 0.6 is 23.1 Å². The average molecular weight is 493 g/mol. The van der Waals surface area contributed by atoms with Crippen molar-refractivity contribution in [2.75, 3.05) is 11.5 Å². The molecular weight excluding hydrogens is 472 g/mol. The number of ether oxygens (including phenoxy) is 1. The number of carbonyl (C=O) groups is 3. The van der Waals surface area contributed by atoms with Gasteiger partial charge in [0.1, 0.15) is 5.25 Å². The lowest BCUT2D eigenvalue weighted by Crippen LogP contribution is -2.31. The van der Waals surface area contributed by atoms with Crippen LogP contribution in [0.4, 0.5) is 5.69 Å². The zero-order valence-corrected chi connectivity index (χ0v) is 19.7. The first kappa shape index (κ1) is 22.4. The lowest BCUT2D eigenvalue weighted by atomic mass is 9.88. The highest BCUT2D eigenvalue weighted by Gasteiger charge is 2.55. The molecular formula is C25H20N2O5S2. The number of amides is 2. The molecule has 2 amide bonds. The smallest absolute Gasteiger partial charge is 0.338 e. The Kier molecular flexibility index (Phi) is 5.97. The topological polar surface area (TPSA) is 96.5 Å². The molecule has 3 heterocycles. The molecule has 0 aliphatic carbocycles. The summed E-state index contributed by atoms with van der Waals surface area (Å²) >= 11 is 2.31. The van der Waals surface area contributed by atoms with Gasteiger partial charge in [0.2, 0.25) is 11.8 Å². The van der Waals surface area contributed by atoms with E-state index in [1.165, 1.54) is 16.7 Å². The first-order valence-electron chi connectivity index (χ1n) is 10.8. The van der Waals surface area contributed by atoms with Crippen molar-refractivity contribution >= 4 is 52.6 Å². The molecule has 1 aromatic heterocycles. The van der Waals surface area contributed by atoms with Crippen LogP contribution in [0.2, 0.25) is 0 Å². The molecule has 0 unspecified atom stereocenters. The summed E-state index contributed by atoms with van der Waals surface area (Å²) in [4.78, 5) is 55.6. The quantitative estimate of drug-likeness (QED) is 0.426. The van der Waals surface area contributed by atoms with E-state index in [1.807, 2.05) is 42.5 Å². The number of rotatable bonds is 5. The summed E-state index contributed by atoms with van der Waals surface area (Å²) in [5, 5.41) is -0.0139. The van der Waals surface area contributed by atoms with Gasteiger partial charge in [-0.2, -0.15) is 0 Å². The minimum absolute atomic E-state index is 0.207. The summed E-state index contributed by atoms with van der Waals surface area (Å²) in [6.07, 6.45) is 3.83. The number of thiazole rings is 1. The van der Waals surface area contributed by atoms with Crippen LogP contribution in [0.15, 0.2) is 70.5 Å². The molecule has 2 aromatic carbocycles. The second-order valence-corrected chi connectivity index (χ2v) is 10.0. The minimum Gasteiger partial charge on any atom is -0.462 e. The third-order valence-electron chi connectivity index (χ3n) is 5.80. The molecule has 1 fully saturated rings. The molecule has 9 heteroatoms. The molecule has 2 aliphatic rings. The van der Waals surface area contributed by atoms with E-state index in [4.69, 9.17) is 4.74 Å². The van der Waals surface area contributed by atoms with E-state index in [1.54, 1.807) is 31.2 Å². The maximum absolute atomic E-state index is 13.6. The molecule has 7 nitrogen and oxygen atoms in total. The summed E-state index contributed by atoms with van der Waals surface area (Å²) < 4.78 is 5.00. The largest absolute Gasteiger partial charge is 0.462 e. The van der Waals surface area contributed by atoms with Crippen molar-refractivity contribution in [1.82, 2.24) is 4.98 Å². The number of imide groups is 1. The van der Waals surface area contributed by atoms with Gasteiger partial charge in [-0.05, 0) is 36.8 Å². The summed E-state index contributed by atoms with van der Waals surface area (Å²) in [6.45, 7) is 1.98. The van der Waals surface area contributed by atoms with E-state index in [9.17, 15) is 19.2 Å². The van der Waals surface area contributed by atoms with Crippen LogP contribution in [0, 0.1) is 5.92 Å². The van der Waals surface area contributed by atoms with Crippen molar-refractivity contribution in [2.24, 2.45) is 5.92 Å². The number of nitrogens with one attached hydrogen (secondary N) is 1.